The summed E-state index contributed by atoms with van der Waals surface area (Å²) < 4.78 is 11.2. The average Bonchev–Trinajstić information content (AvgIpc) is 2.85. The highest BCUT2D eigenvalue weighted by molar-refractivity contribution is 5.89. The Morgan fingerprint density at radius 2 is 1.56 bits per heavy atom. The number of ether oxygens (including phenoxy) is 2. The molecule has 1 N–H and O–H groups in total. The zero-order valence-electron chi connectivity index (χ0n) is 21.8. The van der Waals surface area contributed by atoms with Crippen LogP contribution in [0.15, 0.2) is 78.9 Å². The number of carbonyl (C=O) groups is 2. The fourth-order valence-corrected chi connectivity index (χ4v) is 3.84. The molecule has 1 atom stereocenters. The summed E-state index contributed by atoms with van der Waals surface area (Å²) in [7, 11) is 1.60. The maximum atomic E-state index is 13.6. The van der Waals surface area contributed by atoms with Crippen molar-refractivity contribution in [3.63, 3.8) is 0 Å². The number of benzene rings is 3. The van der Waals surface area contributed by atoms with Crippen molar-refractivity contribution in [2.24, 2.45) is 0 Å². The van der Waals surface area contributed by atoms with Gasteiger partial charge in [-0.25, -0.2) is 0 Å². The van der Waals surface area contributed by atoms with Crippen molar-refractivity contribution < 1.29 is 19.1 Å². The number of carbonyl (C=O) groups excluding carboxylic acids is 2. The summed E-state index contributed by atoms with van der Waals surface area (Å²) in [6.07, 6.45) is 0.378. The molecule has 2 amide bonds. The van der Waals surface area contributed by atoms with Gasteiger partial charge < -0.3 is 19.7 Å². The van der Waals surface area contributed by atoms with Crippen molar-refractivity contribution in [3.05, 3.63) is 95.6 Å². The molecule has 0 aliphatic rings. The Balaban J connectivity index is 1.93. The predicted octanol–water partition coefficient (Wildman–Crippen LogP) is 4.94. The summed E-state index contributed by atoms with van der Waals surface area (Å²) in [5.74, 6) is 0.810. The first kappa shape index (κ1) is 26.8. The maximum absolute atomic E-state index is 13.6. The van der Waals surface area contributed by atoms with Crippen LogP contribution in [0.2, 0.25) is 0 Å². The second-order valence-corrected chi connectivity index (χ2v) is 9.92. The van der Waals surface area contributed by atoms with Crippen molar-refractivity contribution in [1.82, 2.24) is 10.2 Å². The van der Waals surface area contributed by atoms with E-state index in [2.05, 4.69) is 5.32 Å². The Morgan fingerprint density at radius 1 is 0.889 bits per heavy atom. The quantitative estimate of drug-likeness (QED) is 0.439. The minimum absolute atomic E-state index is 0.179. The summed E-state index contributed by atoms with van der Waals surface area (Å²) >= 11 is 0. The lowest BCUT2D eigenvalue weighted by Gasteiger charge is -2.33. The zero-order valence-corrected chi connectivity index (χ0v) is 21.8. The van der Waals surface area contributed by atoms with Gasteiger partial charge in [0.2, 0.25) is 5.91 Å². The largest absolute Gasteiger partial charge is 0.497 e. The van der Waals surface area contributed by atoms with E-state index in [0.29, 0.717) is 17.9 Å². The second-order valence-electron chi connectivity index (χ2n) is 9.92. The molecule has 0 saturated heterocycles. The maximum Gasteiger partial charge on any atom is 0.261 e. The molecule has 0 fully saturated rings. The molecule has 0 bridgehead atoms. The molecule has 6 nitrogen and oxygen atoms in total. The highest BCUT2D eigenvalue weighted by atomic mass is 16.5. The van der Waals surface area contributed by atoms with Crippen LogP contribution in [0.5, 0.6) is 11.5 Å². The lowest BCUT2D eigenvalue weighted by Crippen LogP contribution is -2.55. The van der Waals surface area contributed by atoms with Gasteiger partial charge in [0.05, 0.1) is 7.11 Å². The second kappa shape index (κ2) is 12.2. The van der Waals surface area contributed by atoms with Gasteiger partial charge in [0.15, 0.2) is 6.61 Å². The Labute approximate surface area is 214 Å². The van der Waals surface area contributed by atoms with Gasteiger partial charge in [-0.2, -0.15) is 0 Å². The van der Waals surface area contributed by atoms with E-state index in [1.54, 1.807) is 12.0 Å². The zero-order chi connectivity index (χ0) is 26.1. The van der Waals surface area contributed by atoms with Gasteiger partial charge in [-0.15, -0.1) is 0 Å². The molecule has 36 heavy (non-hydrogen) atoms. The van der Waals surface area contributed by atoms with Crippen LogP contribution in [-0.2, 0) is 22.6 Å². The topological polar surface area (TPSA) is 67.9 Å². The third-order valence-electron chi connectivity index (χ3n) is 5.64. The van der Waals surface area contributed by atoms with Gasteiger partial charge in [-0.3, -0.25) is 9.59 Å². The summed E-state index contributed by atoms with van der Waals surface area (Å²) in [4.78, 5) is 28.8. The lowest BCUT2D eigenvalue weighted by molar-refractivity contribution is -0.143. The molecule has 0 saturated carbocycles. The molecule has 3 aromatic rings. The first-order chi connectivity index (χ1) is 17.1. The first-order valence-electron chi connectivity index (χ1n) is 12.1. The molecular formula is C30H36N2O4. The summed E-state index contributed by atoms with van der Waals surface area (Å²) in [5.41, 5.74) is 2.49. The SMILES string of the molecule is COc1cccc(CN(C(=O)COc2ccc(C)cc2)[C@@H](Cc2ccccc2)C(=O)NC(C)(C)C)c1. The number of nitrogens with one attached hydrogen (secondary N) is 1. The summed E-state index contributed by atoms with van der Waals surface area (Å²) in [6, 6.07) is 24.1. The predicted molar refractivity (Wildman–Crippen MR) is 142 cm³/mol. The average molecular weight is 489 g/mol. The smallest absolute Gasteiger partial charge is 0.261 e. The van der Waals surface area contributed by atoms with E-state index in [4.69, 9.17) is 9.47 Å². The van der Waals surface area contributed by atoms with Crippen molar-refractivity contribution in [2.45, 2.75) is 52.2 Å². The van der Waals surface area contributed by atoms with Crippen LogP contribution in [0.3, 0.4) is 0 Å². The van der Waals surface area contributed by atoms with Gasteiger partial charge in [0.1, 0.15) is 17.5 Å². The van der Waals surface area contributed by atoms with E-state index in [0.717, 1.165) is 16.7 Å². The minimum atomic E-state index is -0.730. The van der Waals surface area contributed by atoms with E-state index in [1.165, 1.54) is 0 Å². The van der Waals surface area contributed by atoms with E-state index < -0.39 is 11.6 Å². The van der Waals surface area contributed by atoms with Crippen molar-refractivity contribution >= 4 is 11.8 Å². The number of amides is 2. The number of hydrogen-bond acceptors (Lipinski definition) is 4. The van der Waals surface area contributed by atoms with Crippen molar-refractivity contribution in [2.75, 3.05) is 13.7 Å². The molecule has 190 valence electrons. The first-order valence-corrected chi connectivity index (χ1v) is 12.1. The highest BCUT2D eigenvalue weighted by Crippen LogP contribution is 2.20. The lowest BCUT2D eigenvalue weighted by atomic mass is 10.0. The fraction of sp³-hybridized carbons (Fsp3) is 0.333. The summed E-state index contributed by atoms with van der Waals surface area (Å²) in [5, 5.41) is 3.06. The van der Waals surface area contributed by atoms with Gasteiger partial charge in [0, 0.05) is 18.5 Å². The van der Waals surface area contributed by atoms with E-state index in [-0.39, 0.29) is 25.0 Å². The molecule has 0 aliphatic heterocycles. The van der Waals surface area contributed by atoms with E-state index in [1.807, 2.05) is 107 Å². The molecule has 0 spiro atoms. The van der Waals surface area contributed by atoms with Gasteiger partial charge in [0.25, 0.3) is 5.91 Å². The van der Waals surface area contributed by atoms with Crippen LogP contribution in [-0.4, -0.2) is 42.0 Å². The Bertz CT molecular complexity index is 1140. The monoisotopic (exact) mass is 488 g/mol. The molecule has 0 heterocycles. The van der Waals surface area contributed by atoms with Crippen LogP contribution in [0.4, 0.5) is 0 Å². The standard InChI is InChI=1S/C30H36N2O4/c1-22-14-16-25(17-15-22)36-21-28(33)32(20-24-12-9-13-26(18-24)35-5)27(29(34)31-30(2,3)4)19-23-10-7-6-8-11-23/h6-18,27H,19-21H2,1-5H3,(H,31,34)/t27-/m0/s1. The molecule has 3 aromatic carbocycles. The Hall–Kier alpha value is -3.80. The molecule has 0 aromatic heterocycles. The molecule has 6 heteroatoms. The van der Waals surface area contributed by atoms with Crippen LogP contribution in [0.25, 0.3) is 0 Å². The van der Waals surface area contributed by atoms with Gasteiger partial charge >= 0.3 is 0 Å². The molecular weight excluding hydrogens is 452 g/mol. The van der Waals surface area contributed by atoms with Crippen LogP contribution in [0, 0.1) is 6.92 Å². The van der Waals surface area contributed by atoms with Crippen molar-refractivity contribution in [3.8, 4) is 11.5 Å². The Kier molecular flexibility index (Phi) is 9.12. The molecule has 0 aliphatic carbocycles. The van der Waals surface area contributed by atoms with Crippen molar-refractivity contribution in [1.29, 1.82) is 0 Å². The van der Waals surface area contributed by atoms with Crippen LogP contribution in [0.1, 0.15) is 37.5 Å². The number of aryl methyl sites for hydroxylation is 1. The normalized spacial score (nSPS) is 11.9. The van der Waals surface area contributed by atoms with E-state index >= 15 is 0 Å². The fourth-order valence-electron chi connectivity index (χ4n) is 3.84. The van der Waals surface area contributed by atoms with Gasteiger partial charge in [-0.05, 0) is 63.1 Å². The molecule has 3 rings (SSSR count). The van der Waals surface area contributed by atoms with Crippen LogP contribution >= 0.6 is 0 Å². The number of hydrogen-bond donors (Lipinski definition) is 1. The summed E-state index contributed by atoms with van der Waals surface area (Å²) in [6.45, 7) is 7.84. The number of methoxy groups -OCH3 is 1. The van der Waals surface area contributed by atoms with Gasteiger partial charge in [-0.1, -0.05) is 60.2 Å². The van der Waals surface area contributed by atoms with E-state index in [9.17, 15) is 9.59 Å². The third kappa shape index (κ3) is 8.15. The molecule has 0 unspecified atom stereocenters. The number of nitrogens with zero attached hydrogens (tertiary/aromatic N) is 1. The third-order valence-corrected chi connectivity index (χ3v) is 5.64. The minimum Gasteiger partial charge on any atom is -0.497 e. The number of rotatable bonds is 10. The highest BCUT2D eigenvalue weighted by Gasteiger charge is 2.32. The Morgan fingerprint density at radius 3 is 2.19 bits per heavy atom. The molecule has 0 radical (unpaired) electrons. The van der Waals surface area contributed by atoms with Crippen LogP contribution < -0.4 is 14.8 Å².